The van der Waals surface area contributed by atoms with Crippen molar-refractivity contribution < 1.29 is 14.1 Å². The van der Waals surface area contributed by atoms with Crippen LogP contribution in [0.5, 0.6) is 0 Å². The molecule has 0 N–H and O–H groups in total. The van der Waals surface area contributed by atoms with E-state index < -0.39 is 11.7 Å². The molecular formula is C15H13N3O4S. The average Bonchev–Trinajstić information content (AvgIpc) is 3.12. The van der Waals surface area contributed by atoms with Gasteiger partial charge in [0, 0.05) is 22.8 Å². The van der Waals surface area contributed by atoms with Gasteiger partial charge >= 0.3 is 11.7 Å². The Morgan fingerprint density at radius 1 is 1.48 bits per heavy atom. The first-order chi connectivity index (χ1) is 11.1. The van der Waals surface area contributed by atoms with E-state index in [9.17, 15) is 9.59 Å². The fraction of sp³-hybridized carbons (Fsp3) is 0.200. The first kappa shape index (κ1) is 15.2. The van der Waals surface area contributed by atoms with Crippen molar-refractivity contribution in [3.63, 3.8) is 0 Å². The number of nitrogens with zero attached hydrogens (tertiary/aromatic N) is 3. The van der Waals surface area contributed by atoms with Crippen LogP contribution in [-0.2, 0) is 11.3 Å². The number of methoxy groups -OCH3 is 1. The second-order valence-corrected chi connectivity index (χ2v) is 6.04. The van der Waals surface area contributed by atoms with Crippen molar-refractivity contribution in [2.75, 3.05) is 7.11 Å². The fourth-order valence-electron chi connectivity index (χ4n) is 2.16. The Hall–Kier alpha value is -2.74. The Kier molecular flexibility index (Phi) is 4.07. The minimum absolute atomic E-state index is 0.256. The van der Waals surface area contributed by atoms with E-state index in [2.05, 4.69) is 10.1 Å². The molecule has 0 bridgehead atoms. The predicted octanol–water partition coefficient (Wildman–Crippen LogP) is 2.10. The summed E-state index contributed by atoms with van der Waals surface area (Å²) in [6.45, 7) is 2.14. The molecule has 3 aromatic heterocycles. The lowest BCUT2D eigenvalue weighted by molar-refractivity contribution is 0.0606. The number of aryl methyl sites for hydroxylation is 1. The Bertz CT molecular complexity index is 895. The van der Waals surface area contributed by atoms with Gasteiger partial charge in [-0.15, -0.1) is 11.3 Å². The molecule has 0 fully saturated rings. The van der Waals surface area contributed by atoms with E-state index >= 15 is 0 Å². The first-order valence-corrected chi connectivity index (χ1v) is 7.56. The van der Waals surface area contributed by atoms with Crippen molar-refractivity contribution in [2.24, 2.45) is 0 Å². The monoisotopic (exact) mass is 331 g/mol. The van der Waals surface area contributed by atoms with Gasteiger partial charge in [-0.3, -0.25) is 14.1 Å². The standard InChI is InChI=1S/C15H13N3O4S/c1-9-11(6-12(23-9)14(19)21-2)8-18-13(17-22-15(18)20)10-4-3-5-16-7-10/h3-7H,8H2,1-2H3. The van der Waals surface area contributed by atoms with Crippen molar-refractivity contribution in [3.8, 4) is 11.4 Å². The zero-order chi connectivity index (χ0) is 16.4. The van der Waals surface area contributed by atoms with E-state index in [1.54, 1.807) is 30.6 Å². The lowest BCUT2D eigenvalue weighted by Crippen LogP contribution is -2.16. The van der Waals surface area contributed by atoms with E-state index in [0.29, 0.717) is 16.3 Å². The molecule has 0 aromatic carbocycles. The van der Waals surface area contributed by atoms with Crippen LogP contribution in [0.3, 0.4) is 0 Å². The van der Waals surface area contributed by atoms with Gasteiger partial charge in [-0.2, -0.15) is 0 Å². The van der Waals surface area contributed by atoms with Crippen LogP contribution >= 0.6 is 11.3 Å². The van der Waals surface area contributed by atoms with Crippen LogP contribution < -0.4 is 5.76 Å². The van der Waals surface area contributed by atoms with Crippen molar-refractivity contribution >= 4 is 17.3 Å². The maximum atomic E-state index is 12.0. The smallest absolute Gasteiger partial charge is 0.442 e. The third-order valence-corrected chi connectivity index (χ3v) is 4.41. The van der Waals surface area contributed by atoms with Gasteiger partial charge in [-0.25, -0.2) is 9.59 Å². The summed E-state index contributed by atoms with van der Waals surface area (Å²) in [5.41, 5.74) is 1.52. The van der Waals surface area contributed by atoms with Crippen molar-refractivity contribution in [3.05, 3.63) is 56.5 Å². The van der Waals surface area contributed by atoms with Crippen LogP contribution in [0.2, 0.25) is 0 Å². The van der Waals surface area contributed by atoms with Gasteiger partial charge in [-0.05, 0) is 30.7 Å². The molecule has 0 amide bonds. The molecule has 118 valence electrons. The molecule has 3 aromatic rings. The van der Waals surface area contributed by atoms with Crippen LogP contribution in [0.25, 0.3) is 11.4 Å². The number of ether oxygens (including phenoxy) is 1. The number of rotatable bonds is 4. The van der Waals surface area contributed by atoms with Gasteiger partial charge in [0.15, 0.2) is 5.82 Å². The van der Waals surface area contributed by atoms with Crippen LogP contribution in [-0.4, -0.2) is 27.8 Å². The third kappa shape index (κ3) is 2.93. The minimum Gasteiger partial charge on any atom is -0.465 e. The number of thiophene rings is 1. The van der Waals surface area contributed by atoms with Crippen LogP contribution in [0, 0.1) is 6.92 Å². The molecule has 0 unspecified atom stereocenters. The number of hydrogen-bond donors (Lipinski definition) is 0. The lowest BCUT2D eigenvalue weighted by atomic mass is 10.2. The molecule has 0 aliphatic rings. The summed E-state index contributed by atoms with van der Waals surface area (Å²) in [7, 11) is 1.34. The van der Waals surface area contributed by atoms with Crippen molar-refractivity contribution in [1.29, 1.82) is 0 Å². The fourth-order valence-corrected chi connectivity index (χ4v) is 3.11. The van der Waals surface area contributed by atoms with Gasteiger partial charge in [-0.1, -0.05) is 5.16 Å². The van der Waals surface area contributed by atoms with Gasteiger partial charge in [0.25, 0.3) is 0 Å². The molecule has 0 saturated carbocycles. The maximum Gasteiger partial charge on any atom is 0.442 e. The second kappa shape index (κ2) is 6.17. The molecule has 0 saturated heterocycles. The summed E-state index contributed by atoms with van der Waals surface area (Å²) in [5, 5.41) is 3.82. The topological polar surface area (TPSA) is 87.2 Å². The van der Waals surface area contributed by atoms with Crippen LogP contribution in [0.15, 0.2) is 39.9 Å². The Balaban J connectivity index is 1.99. The zero-order valence-electron chi connectivity index (χ0n) is 12.5. The summed E-state index contributed by atoms with van der Waals surface area (Å²) in [5.74, 6) is -0.558. The normalized spacial score (nSPS) is 10.7. The molecule has 0 spiro atoms. The first-order valence-electron chi connectivity index (χ1n) is 6.74. The van der Waals surface area contributed by atoms with Gasteiger partial charge < -0.3 is 4.74 Å². The molecule has 23 heavy (non-hydrogen) atoms. The summed E-state index contributed by atoms with van der Waals surface area (Å²) < 4.78 is 10.9. The van der Waals surface area contributed by atoms with Gasteiger partial charge in [0.1, 0.15) is 4.88 Å². The summed E-state index contributed by atoms with van der Waals surface area (Å²) >= 11 is 1.32. The maximum absolute atomic E-state index is 12.0. The number of esters is 1. The Morgan fingerprint density at radius 2 is 2.30 bits per heavy atom. The number of hydrogen-bond acceptors (Lipinski definition) is 7. The molecule has 8 heteroatoms. The van der Waals surface area contributed by atoms with E-state index in [1.807, 2.05) is 6.92 Å². The van der Waals surface area contributed by atoms with E-state index in [-0.39, 0.29) is 6.54 Å². The molecule has 0 aliphatic carbocycles. The molecule has 3 heterocycles. The van der Waals surface area contributed by atoms with E-state index in [1.165, 1.54) is 23.0 Å². The molecule has 0 aliphatic heterocycles. The highest BCUT2D eigenvalue weighted by Gasteiger charge is 2.17. The summed E-state index contributed by atoms with van der Waals surface area (Å²) in [4.78, 5) is 29.0. The number of aromatic nitrogens is 3. The van der Waals surface area contributed by atoms with Crippen molar-refractivity contribution in [1.82, 2.24) is 14.7 Å². The molecule has 3 rings (SSSR count). The van der Waals surface area contributed by atoms with Gasteiger partial charge in [0.2, 0.25) is 0 Å². The quantitative estimate of drug-likeness (QED) is 0.680. The highest BCUT2D eigenvalue weighted by molar-refractivity contribution is 7.14. The highest BCUT2D eigenvalue weighted by atomic mass is 32.1. The molecule has 7 nitrogen and oxygen atoms in total. The summed E-state index contributed by atoms with van der Waals surface area (Å²) in [6.07, 6.45) is 3.24. The summed E-state index contributed by atoms with van der Waals surface area (Å²) in [6, 6.07) is 5.27. The lowest BCUT2D eigenvalue weighted by Gasteiger charge is -2.03. The van der Waals surface area contributed by atoms with Gasteiger partial charge in [0.05, 0.1) is 13.7 Å². The minimum atomic E-state index is -0.561. The zero-order valence-corrected chi connectivity index (χ0v) is 13.3. The third-order valence-electron chi connectivity index (χ3n) is 3.34. The van der Waals surface area contributed by atoms with E-state index in [4.69, 9.17) is 9.26 Å². The highest BCUT2D eigenvalue weighted by Crippen LogP contribution is 2.24. The van der Waals surface area contributed by atoms with Crippen molar-refractivity contribution in [2.45, 2.75) is 13.5 Å². The second-order valence-electron chi connectivity index (χ2n) is 4.78. The van der Waals surface area contributed by atoms with E-state index in [0.717, 1.165) is 10.4 Å². The molecule has 0 radical (unpaired) electrons. The SMILES string of the molecule is COC(=O)c1cc(Cn2c(-c3cccnc3)noc2=O)c(C)s1. The number of pyridine rings is 1. The molecule has 0 atom stereocenters. The number of carbonyl (C=O) groups excluding carboxylic acids is 1. The van der Waals surface area contributed by atoms with Crippen LogP contribution in [0.4, 0.5) is 0 Å². The molecular weight excluding hydrogens is 318 g/mol. The average molecular weight is 331 g/mol. The largest absolute Gasteiger partial charge is 0.465 e. The number of carbonyl (C=O) groups is 1. The van der Waals surface area contributed by atoms with Crippen LogP contribution in [0.1, 0.15) is 20.1 Å². The Labute approximate surface area is 135 Å². The Morgan fingerprint density at radius 3 is 3.00 bits per heavy atom. The predicted molar refractivity (Wildman–Crippen MR) is 83.5 cm³/mol.